The molecule has 0 spiro atoms. The third-order valence-electron chi connectivity index (χ3n) is 4.60. The van der Waals surface area contributed by atoms with Crippen LogP contribution in [0.15, 0.2) is 60.7 Å². The van der Waals surface area contributed by atoms with Gasteiger partial charge < -0.3 is 9.72 Å². The van der Waals surface area contributed by atoms with E-state index in [0.717, 1.165) is 20.4 Å². The highest BCUT2D eigenvalue weighted by atomic mass is 127. The third kappa shape index (κ3) is 4.52. The summed E-state index contributed by atoms with van der Waals surface area (Å²) in [7, 11) is 0. The van der Waals surface area contributed by atoms with Crippen molar-refractivity contribution in [1.82, 2.24) is 9.97 Å². The van der Waals surface area contributed by atoms with E-state index in [2.05, 4.69) is 69.8 Å². The minimum atomic E-state index is -0.351. The van der Waals surface area contributed by atoms with Gasteiger partial charge in [-0.2, -0.15) is 5.26 Å². The van der Waals surface area contributed by atoms with Gasteiger partial charge in [-0.15, -0.1) is 0 Å². The fourth-order valence-electron chi connectivity index (χ4n) is 3.00. The molecule has 30 heavy (non-hydrogen) atoms. The Bertz CT molecular complexity index is 1290. The Morgan fingerprint density at radius 3 is 2.70 bits per heavy atom. The number of rotatable bonds is 5. The van der Waals surface area contributed by atoms with Crippen LogP contribution in [0.4, 0.5) is 4.39 Å². The molecule has 1 heterocycles. The molecule has 4 aromatic rings. The smallest absolute Gasteiger partial charge is 0.149 e. The summed E-state index contributed by atoms with van der Waals surface area (Å²) in [6.07, 6.45) is 1.75. The Kier molecular flexibility index (Phi) is 5.81. The van der Waals surface area contributed by atoms with Crippen molar-refractivity contribution in [2.75, 3.05) is 0 Å². The lowest BCUT2D eigenvalue weighted by atomic mass is 10.1. The van der Waals surface area contributed by atoms with E-state index in [9.17, 15) is 9.65 Å². The maximum Gasteiger partial charge on any atom is 0.149 e. The zero-order chi connectivity index (χ0) is 21.1. The lowest BCUT2D eigenvalue weighted by molar-refractivity contribution is 0.304. The van der Waals surface area contributed by atoms with Gasteiger partial charge in [0, 0.05) is 0 Å². The van der Waals surface area contributed by atoms with Crippen LogP contribution >= 0.6 is 22.6 Å². The number of fused-ring (bicyclic) bond motifs is 1. The quantitative estimate of drug-likeness (QED) is 0.255. The number of imidazole rings is 1. The van der Waals surface area contributed by atoms with Crippen LogP contribution in [0.1, 0.15) is 22.5 Å². The standard InChI is InChI=1S/C24H17FIN3O/c1-15-2-4-16(5-3-15)14-30-23-9-6-17(11-20(23)26)10-18(13-27)24-28-21-8-7-19(25)12-22(21)29-24/h2-12H,14H2,1H3,(H,28,29)/b18-10-. The molecule has 0 atom stereocenters. The van der Waals surface area contributed by atoms with E-state index in [1.807, 2.05) is 18.2 Å². The van der Waals surface area contributed by atoms with Crippen molar-refractivity contribution in [2.24, 2.45) is 0 Å². The van der Waals surface area contributed by atoms with Gasteiger partial charge in [-0.1, -0.05) is 35.9 Å². The van der Waals surface area contributed by atoms with Gasteiger partial charge in [0.1, 0.15) is 30.1 Å². The number of aryl methyl sites for hydroxylation is 1. The van der Waals surface area contributed by atoms with E-state index in [0.29, 0.717) is 29.0 Å². The van der Waals surface area contributed by atoms with Crippen LogP contribution in [0.25, 0.3) is 22.7 Å². The first-order chi connectivity index (χ1) is 14.5. The summed E-state index contributed by atoms with van der Waals surface area (Å²) in [6, 6.07) is 20.4. The molecule has 0 aliphatic rings. The zero-order valence-corrected chi connectivity index (χ0v) is 18.3. The van der Waals surface area contributed by atoms with Crippen molar-refractivity contribution in [3.05, 3.63) is 92.6 Å². The first-order valence-electron chi connectivity index (χ1n) is 9.27. The third-order valence-corrected chi connectivity index (χ3v) is 5.44. The van der Waals surface area contributed by atoms with Crippen LogP contribution in [0.5, 0.6) is 5.75 Å². The normalized spacial score (nSPS) is 11.5. The molecule has 0 saturated heterocycles. The van der Waals surface area contributed by atoms with Gasteiger partial charge in [0.15, 0.2) is 0 Å². The van der Waals surface area contributed by atoms with Crippen LogP contribution in [-0.2, 0) is 6.61 Å². The lowest BCUT2D eigenvalue weighted by Crippen LogP contribution is -1.97. The molecule has 0 aliphatic carbocycles. The largest absolute Gasteiger partial charge is 0.488 e. The molecule has 0 fully saturated rings. The fourth-order valence-corrected chi connectivity index (χ4v) is 3.69. The summed E-state index contributed by atoms with van der Waals surface area (Å²) in [5.74, 6) is 0.842. The molecule has 148 valence electrons. The summed E-state index contributed by atoms with van der Waals surface area (Å²) in [5.41, 5.74) is 4.71. The van der Waals surface area contributed by atoms with Crippen LogP contribution in [0.2, 0.25) is 0 Å². The summed E-state index contributed by atoms with van der Waals surface area (Å²) in [4.78, 5) is 7.40. The van der Waals surface area contributed by atoms with Gasteiger partial charge in [-0.3, -0.25) is 0 Å². The van der Waals surface area contributed by atoms with E-state index in [1.54, 1.807) is 12.1 Å². The number of nitrogens with zero attached hydrogens (tertiary/aromatic N) is 2. The van der Waals surface area contributed by atoms with E-state index < -0.39 is 0 Å². The van der Waals surface area contributed by atoms with Crippen molar-refractivity contribution in [2.45, 2.75) is 13.5 Å². The van der Waals surface area contributed by atoms with Crippen LogP contribution < -0.4 is 4.74 Å². The lowest BCUT2D eigenvalue weighted by Gasteiger charge is -2.09. The van der Waals surface area contributed by atoms with Crippen molar-refractivity contribution in [1.29, 1.82) is 5.26 Å². The van der Waals surface area contributed by atoms with Crippen molar-refractivity contribution >= 4 is 45.3 Å². The molecular weight excluding hydrogens is 492 g/mol. The SMILES string of the molecule is Cc1ccc(COc2ccc(/C=C(/C#N)c3nc4ccc(F)cc4[nH]3)cc2I)cc1. The number of aromatic amines is 1. The molecule has 1 N–H and O–H groups in total. The first-order valence-corrected chi connectivity index (χ1v) is 10.3. The molecule has 6 heteroatoms. The molecule has 0 amide bonds. The van der Waals surface area contributed by atoms with Crippen molar-refractivity contribution in [3.63, 3.8) is 0 Å². The van der Waals surface area contributed by atoms with Gasteiger partial charge in [0.25, 0.3) is 0 Å². The number of ether oxygens (including phenoxy) is 1. The molecule has 0 aliphatic heterocycles. The number of allylic oxidation sites excluding steroid dienone is 1. The maximum atomic E-state index is 13.4. The number of hydrogen-bond acceptors (Lipinski definition) is 3. The summed E-state index contributed by atoms with van der Waals surface area (Å²) >= 11 is 2.22. The zero-order valence-electron chi connectivity index (χ0n) is 16.1. The van der Waals surface area contributed by atoms with E-state index >= 15 is 0 Å². The number of aromatic nitrogens is 2. The second-order valence-electron chi connectivity index (χ2n) is 6.88. The van der Waals surface area contributed by atoms with Crippen molar-refractivity contribution < 1.29 is 9.13 Å². The number of halogens is 2. The Hall–Kier alpha value is -3.18. The van der Waals surface area contributed by atoms with E-state index in [4.69, 9.17) is 4.74 Å². The Balaban J connectivity index is 1.55. The molecule has 0 saturated carbocycles. The summed E-state index contributed by atoms with van der Waals surface area (Å²) in [5, 5.41) is 9.60. The number of nitrogens with one attached hydrogen (secondary N) is 1. The van der Waals surface area contributed by atoms with Gasteiger partial charge in [0.05, 0.1) is 20.2 Å². The average molecular weight is 509 g/mol. The molecule has 1 aromatic heterocycles. The second-order valence-corrected chi connectivity index (χ2v) is 8.04. The Labute approximate surface area is 187 Å². The van der Waals surface area contributed by atoms with E-state index in [-0.39, 0.29) is 5.82 Å². The van der Waals surface area contributed by atoms with E-state index in [1.165, 1.54) is 17.7 Å². The first kappa shape index (κ1) is 20.1. The minimum absolute atomic E-state index is 0.351. The summed E-state index contributed by atoms with van der Waals surface area (Å²) in [6.45, 7) is 2.55. The predicted octanol–water partition coefficient (Wildman–Crippen LogP) is 6.26. The van der Waals surface area contributed by atoms with Gasteiger partial charge in [0.2, 0.25) is 0 Å². The average Bonchev–Trinajstić information content (AvgIpc) is 3.15. The van der Waals surface area contributed by atoms with Gasteiger partial charge >= 0.3 is 0 Å². The summed E-state index contributed by atoms with van der Waals surface area (Å²) < 4.78 is 20.3. The van der Waals surface area contributed by atoms with Crippen LogP contribution in [0.3, 0.4) is 0 Å². The highest BCUT2D eigenvalue weighted by molar-refractivity contribution is 14.1. The Morgan fingerprint density at radius 2 is 1.97 bits per heavy atom. The number of nitriles is 1. The van der Waals surface area contributed by atoms with Gasteiger partial charge in [-0.25, -0.2) is 9.37 Å². The molecule has 4 nitrogen and oxygen atoms in total. The van der Waals surface area contributed by atoms with Crippen LogP contribution in [0, 0.1) is 27.6 Å². The fraction of sp³-hybridized carbons (Fsp3) is 0.0833. The van der Waals surface area contributed by atoms with Crippen molar-refractivity contribution in [3.8, 4) is 11.8 Å². The highest BCUT2D eigenvalue weighted by Gasteiger charge is 2.10. The van der Waals surface area contributed by atoms with Crippen LogP contribution in [-0.4, -0.2) is 9.97 Å². The molecule has 0 radical (unpaired) electrons. The second kappa shape index (κ2) is 8.67. The molecule has 0 unspecified atom stereocenters. The maximum absolute atomic E-state index is 13.4. The molecular formula is C24H17FIN3O. The minimum Gasteiger partial charge on any atom is -0.488 e. The number of benzene rings is 3. The Morgan fingerprint density at radius 1 is 1.17 bits per heavy atom. The number of H-pyrrole nitrogens is 1. The molecule has 0 bridgehead atoms. The predicted molar refractivity (Wildman–Crippen MR) is 124 cm³/mol. The molecule has 4 rings (SSSR count). The van der Waals surface area contributed by atoms with Gasteiger partial charge in [-0.05, 0) is 77.0 Å². The highest BCUT2D eigenvalue weighted by Crippen LogP contribution is 2.26. The topological polar surface area (TPSA) is 61.7 Å². The monoisotopic (exact) mass is 509 g/mol. The number of hydrogen-bond donors (Lipinski definition) is 1. The molecule has 3 aromatic carbocycles.